The summed E-state index contributed by atoms with van der Waals surface area (Å²) in [5.74, 6) is -0.386. The molecule has 1 aromatic rings. The highest BCUT2D eigenvalue weighted by molar-refractivity contribution is 5.98. The molecule has 0 radical (unpaired) electrons. The van der Waals surface area contributed by atoms with Crippen molar-refractivity contribution in [2.24, 2.45) is 0 Å². The zero-order valence-electron chi connectivity index (χ0n) is 14.2. The molecule has 0 saturated carbocycles. The summed E-state index contributed by atoms with van der Waals surface area (Å²) in [6.07, 6.45) is 0.873. The Morgan fingerprint density at radius 1 is 1.26 bits per heavy atom. The lowest BCUT2D eigenvalue weighted by Crippen LogP contribution is -2.44. The third kappa shape index (κ3) is 6.20. The van der Waals surface area contributed by atoms with Crippen molar-refractivity contribution in [3.8, 4) is 0 Å². The fraction of sp³-hybridized carbons (Fsp3) is 0.471. The number of nitrogens with zero attached hydrogens (tertiary/aromatic N) is 1. The van der Waals surface area contributed by atoms with Crippen LogP contribution in [0.4, 0.5) is 5.69 Å². The molecule has 0 saturated heterocycles. The van der Waals surface area contributed by atoms with E-state index >= 15 is 0 Å². The molecule has 0 spiro atoms. The third-order valence-electron chi connectivity index (χ3n) is 3.54. The number of hydrogen-bond donors (Lipinski definition) is 2. The first-order chi connectivity index (χ1) is 10.8. The Balaban J connectivity index is 2.61. The summed E-state index contributed by atoms with van der Waals surface area (Å²) >= 11 is 0. The van der Waals surface area contributed by atoms with E-state index in [0.717, 1.165) is 6.42 Å². The molecule has 0 aliphatic heterocycles. The van der Waals surface area contributed by atoms with Crippen LogP contribution in [0.1, 0.15) is 37.6 Å². The van der Waals surface area contributed by atoms with Gasteiger partial charge in [0.15, 0.2) is 5.78 Å². The Labute approximate surface area is 137 Å². The van der Waals surface area contributed by atoms with Crippen LogP contribution >= 0.6 is 0 Å². The molecule has 6 nitrogen and oxygen atoms in total. The van der Waals surface area contributed by atoms with Crippen LogP contribution in [0.5, 0.6) is 0 Å². The van der Waals surface area contributed by atoms with Gasteiger partial charge in [-0.25, -0.2) is 0 Å². The van der Waals surface area contributed by atoms with Gasteiger partial charge >= 0.3 is 0 Å². The molecule has 126 valence electrons. The predicted molar refractivity (Wildman–Crippen MR) is 90.5 cm³/mol. The summed E-state index contributed by atoms with van der Waals surface area (Å²) in [6.45, 7) is 5.98. The number of hydrogen-bond acceptors (Lipinski definition) is 4. The van der Waals surface area contributed by atoms with Crippen LogP contribution in [0.25, 0.3) is 0 Å². The molecule has 6 heteroatoms. The monoisotopic (exact) mass is 319 g/mol. The lowest BCUT2D eigenvalue weighted by Gasteiger charge is -2.23. The van der Waals surface area contributed by atoms with Crippen molar-refractivity contribution in [3.05, 3.63) is 29.8 Å². The topological polar surface area (TPSA) is 78.5 Å². The van der Waals surface area contributed by atoms with E-state index in [-0.39, 0.29) is 24.1 Å². The Morgan fingerprint density at radius 3 is 2.57 bits per heavy atom. The van der Waals surface area contributed by atoms with Crippen LogP contribution in [-0.2, 0) is 9.59 Å². The van der Waals surface area contributed by atoms with Gasteiger partial charge in [-0.3, -0.25) is 19.3 Å². The van der Waals surface area contributed by atoms with E-state index < -0.39 is 6.04 Å². The maximum absolute atomic E-state index is 12.3. The van der Waals surface area contributed by atoms with Crippen LogP contribution in [0.15, 0.2) is 24.3 Å². The van der Waals surface area contributed by atoms with Crippen LogP contribution in [0.2, 0.25) is 0 Å². The molecule has 0 bridgehead atoms. The first-order valence-electron chi connectivity index (χ1n) is 7.74. The Bertz CT molecular complexity index is 572. The number of Topliss-reactive ketones (excluding diaryl/α,β-unsaturated/α-hetero) is 1. The molecule has 0 unspecified atom stereocenters. The number of nitrogens with one attached hydrogen (secondary N) is 2. The highest BCUT2D eigenvalue weighted by atomic mass is 16.2. The lowest BCUT2D eigenvalue weighted by molar-refractivity contribution is -0.124. The highest BCUT2D eigenvalue weighted by Crippen LogP contribution is 2.12. The van der Waals surface area contributed by atoms with E-state index in [0.29, 0.717) is 17.8 Å². The van der Waals surface area contributed by atoms with Crippen LogP contribution in [-0.4, -0.2) is 48.7 Å². The Hall–Kier alpha value is -2.21. The molecule has 23 heavy (non-hydrogen) atoms. The number of likely N-dealkylation sites (N-methyl/N-ethyl adjacent to an activating group) is 1. The van der Waals surface area contributed by atoms with E-state index in [4.69, 9.17) is 0 Å². The summed E-state index contributed by atoms with van der Waals surface area (Å²) in [4.78, 5) is 37.0. The largest absolute Gasteiger partial charge is 0.355 e. The van der Waals surface area contributed by atoms with Gasteiger partial charge in [-0.1, -0.05) is 19.1 Å². The smallest absolute Gasteiger partial charge is 0.241 e. The van der Waals surface area contributed by atoms with Crippen molar-refractivity contribution in [2.45, 2.75) is 33.2 Å². The van der Waals surface area contributed by atoms with Gasteiger partial charge in [0.25, 0.3) is 0 Å². The minimum absolute atomic E-state index is 0.0566. The van der Waals surface area contributed by atoms with E-state index in [9.17, 15) is 14.4 Å². The molecule has 0 aliphatic rings. The van der Waals surface area contributed by atoms with E-state index in [1.807, 2.05) is 6.92 Å². The molecule has 1 atom stereocenters. The van der Waals surface area contributed by atoms with Crippen LogP contribution in [0, 0.1) is 0 Å². The van der Waals surface area contributed by atoms with Gasteiger partial charge in [0.05, 0.1) is 12.6 Å². The second-order valence-corrected chi connectivity index (χ2v) is 5.57. The van der Waals surface area contributed by atoms with Gasteiger partial charge < -0.3 is 10.6 Å². The number of rotatable bonds is 8. The van der Waals surface area contributed by atoms with Gasteiger partial charge in [-0.2, -0.15) is 0 Å². The lowest BCUT2D eigenvalue weighted by atomic mass is 10.1. The number of carbonyl (C=O) groups excluding carboxylic acids is 3. The first-order valence-corrected chi connectivity index (χ1v) is 7.74. The van der Waals surface area contributed by atoms with Gasteiger partial charge in [-0.15, -0.1) is 0 Å². The second kappa shape index (κ2) is 9.05. The van der Waals surface area contributed by atoms with Crippen molar-refractivity contribution < 1.29 is 14.4 Å². The van der Waals surface area contributed by atoms with Gasteiger partial charge in [-0.05, 0) is 39.4 Å². The quantitative estimate of drug-likeness (QED) is 0.715. The summed E-state index contributed by atoms with van der Waals surface area (Å²) < 4.78 is 0. The third-order valence-corrected chi connectivity index (χ3v) is 3.54. The molecule has 0 heterocycles. The molecule has 0 fully saturated rings. The Morgan fingerprint density at radius 2 is 1.96 bits per heavy atom. The van der Waals surface area contributed by atoms with E-state index in [1.54, 1.807) is 43.1 Å². The minimum Gasteiger partial charge on any atom is -0.355 e. The maximum atomic E-state index is 12.3. The molecule has 1 aromatic carbocycles. The predicted octanol–water partition coefficient (Wildman–Crippen LogP) is 1.67. The zero-order valence-corrected chi connectivity index (χ0v) is 14.2. The Kier molecular flexibility index (Phi) is 7.41. The number of carbonyl (C=O) groups is 3. The maximum Gasteiger partial charge on any atom is 0.241 e. The van der Waals surface area contributed by atoms with Crippen molar-refractivity contribution in [1.29, 1.82) is 0 Å². The molecule has 2 amide bonds. The van der Waals surface area contributed by atoms with Crippen molar-refractivity contribution >= 4 is 23.3 Å². The molecule has 0 aromatic heterocycles. The molecule has 0 aliphatic carbocycles. The second-order valence-electron chi connectivity index (χ2n) is 5.57. The molecule has 2 N–H and O–H groups in total. The SMILES string of the molecule is CCCNC(=O)CN(C)[C@H](C)C(=O)Nc1cccc(C(C)=O)c1. The average molecular weight is 319 g/mol. The number of amides is 2. The van der Waals surface area contributed by atoms with Crippen LogP contribution in [0.3, 0.4) is 0 Å². The summed E-state index contributed by atoms with van der Waals surface area (Å²) in [5.41, 5.74) is 1.11. The van der Waals surface area contributed by atoms with Crippen LogP contribution < -0.4 is 10.6 Å². The van der Waals surface area contributed by atoms with Crippen molar-refractivity contribution in [2.75, 3.05) is 25.5 Å². The fourth-order valence-electron chi connectivity index (χ4n) is 1.95. The first kappa shape index (κ1) is 18.8. The summed E-state index contributed by atoms with van der Waals surface area (Å²) in [6, 6.07) is 6.32. The minimum atomic E-state index is -0.469. The summed E-state index contributed by atoms with van der Waals surface area (Å²) in [7, 11) is 1.72. The zero-order chi connectivity index (χ0) is 17.4. The molecular formula is C17H25N3O3. The number of ketones is 1. The number of benzene rings is 1. The average Bonchev–Trinajstić information content (AvgIpc) is 2.52. The van der Waals surface area contributed by atoms with E-state index in [1.165, 1.54) is 6.92 Å². The fourth-order valence-corrected chi connectivity index (χ4v) is 1.95. The van der Waals surface area contributed by atoms with E-state index in [2.05, 4.69) is 10.6 Å². The normalized spacial score (nSPS) is 11.9. The number of anilines is 1. The molecular weight excluding hydrogens is 294 g/mol. The van der Waals surface area contributed by atoms with Gasteiger partial charge in [0.2, 0.25) is 11.8 Å². The highest BCUT2D eigenvalue weighted by Gasteiger charge is 2.20. The standard InChI is InChI=1S/C17H25N3O3/c1-5-9-18-16(22)11-20(4)12(2)17(23)19-15-8-6-7-14(10-15)13(3)21/h6-8,10,12H,5,9,11H2,1-4H3,(H,18,22)(H,19,23)/t12-/m1/s1. The van der Waals surface area contributed by atoms with Gasteiger partial charge in [0.1, 0.15) is 0 Å². The molecule has 1 rings (SSSR count). The van der Waals surface area contributed by atoms with Gasteiger partial charge in [0, 0.05) is 17.8 Å². The summed E-state index contributed by atoms with van der Waals surface area (Å²) in [5, 5.41) is 5.55. The van der Waals surface area contributed by atoms with Crippen molar-refractivity contribution in [1.82, 2.24) is 10.2 Å². The van der Waals surface area contributed by atoms with Crippen molar-refractivity contribution in [3.63, 3.8) is 0 Å².